The van der Waals surface area contributed by atoms with E-state index in [-0.39, 0.29) is 12.0 Å². The third kappa shape index (κ3) is 14.2. The average Bonchev–Trinajstić information content (AvgIpc) is 3.98. The number of allylic oxidation sites excluding steroid dienone is 1. The van der Waals surface area contributed by atoms with Crippen LogP contribution >= 0.6 is 34.8 Å². The number of nitriles is 2. The number of amides is 3. The van der Waals surface area contributed by atoms with E-state index < -0.39 is 60.9 Å². The van der Waals surface area contributed by atoms with Gasteiger partial charge in [0.1, 0.15) is 12.4 Å². The molecule has 0 spiro atoms. The van der Waals surface area contributed by atoms with E-state index in [2.05, 4.69) is 16.2 Å². The molecule has 0 aromatic carbocycles. The van der Waals surface area contributed by atoms with Crippen LogP contribution in [0.25, 0.3) is 0 Å². The molecule has 3 amide bonds. The number of nitrogens with zero attached hydrogens (tertiary/aromatic N) is 7. The summed E-state index contributed by atoms with van der Waals surface area (Å²) in [6, 6.07) is 0. The summed E-state index contributed by atoms with van der Waals surface area (Å²) >= 11 is 16.3. The topological polar surface area (TPSA) is 261 Å². The zero-order chi connectivity index (χ0) is 41.4. The minimum Gasteiger partial charge on any atom is -0.385 e. The van der Waals surface area contributed by atoms with Crippen molar-refractivity contribution in [2.24, 2.45) is 0 Å². The minimum atomic E-state index is -3.10. The van der Waals surface area contributed by atoms with E-state index >= 15 is 0 Å². The van der Waals surface area contributed by atoms with Crippen LogP contribution in [0.4, 0.5) is 14.4 Å². The smallest absolute Gasteiger partial charge is 0.385 e. The summed E-state index contributed by atoms with van der Waals surface area (Å²) in [6.07, 6.45) is 4.35. The molecule has 4 unspecified atom stereocenters. The van der Waals surface area contributed by atoms with Crippen LogP contribution in [0.5, 0.6) is 0 Å². The molecule has 0 aromatic heterocycles. The van der Waals surface area contributed by atoms with E-state index in [1.54, 1.807) is 38.8 Å². The van der Waals surface area contributed by atoms with E-state index in [9.17, 15) is 19.2 Å². The molecule has 29 heteroatoms. The van der Waals surface area contributed by atoms with Crippen LogP contribution in [0.2, 0.25) is 19.6 Å². The molecule has 0 aromatic rings. The van der Waals surface area contributed by atoms with Crippen LogP contribution in [-0.4, -0.2) is 160 Å². The van der Waals surface area contributed by atoms with Gasteiger partial charge < -0.3 is 40.8 Å². The first-order valence-corrected chi connectivity index (χ1v) is 23.3. The van der Waals surface area contributed by atoms with Gasteiger partial charge in [0.25, 0.3) is 0 Å². The SMILES string of the molecule is C/C=C/C(=O)C(NC1CO1)N(C(=O)Cl)[Si](C)(OC)OC.CO[Si](C)(OC)N(C#N)N(NC(=O)Cl)C1CO1.CO[Si](C)(OC)N(C1CO1)N(NC#N)C(=O)Cl. The highest BCUT2D eigenvalue weighted by Gasteiger charge is 2.53. The monoisotopic (exact) mass is 882 g/mol. The van der Waals surface area contributed by atoms with Gasteiger partial charge in [0.2, 0.25) is 0 Å². The van der Waals surface area contributed by atoms with E-state index in [0.29, 0.717) is 19.8 Å². The maximum Gasteiger partial charge on any atom is 0.481 e. The van der Waals surface area contributed by atoms with Crippen molar-refractivity contribution < 1.29 is 59.9 Å². The Balaban J connectivity index is 0.000000407. The Bertz CT molecular complexity index is 1380. The number of nitrogens with one attached hydrogen (secondary N) is 3. The largest absolute Gasteiger partial charge is 0.481 e. The van der Waals surface area contributed by atoms with Gasteiger partial charge >= 0.3 is 42.3 Å². The Morgan fingerprint density at radius 3 is 1.59 bits per heavy atom. The molecule has 3 N–H and O–H groups in total. The molecule has 3 heterocycles. The van der Waals surface area contributed by atoms with Gasteiger partial charge in [-0.15, -0.1) is 4.67 Å². The van der Waals surface area contributed by atoms with Crippen LogP contribution in [-0.2, 0) is 45.6 Å². The van der Waals surface area contributed by atoms with Crippen molar-refractivity contribution in [3.8, 4) is 12.4 Å². The third-order valence-corrected chi connectivity index (χ3v) is 16.3. The maximum atomic E-state index is 12.2. The highest BCUT2D eigenvalue weighted by molar-refractivity contribution is 6.75. The predicted octanol–water partition coefficient (Wildman–Crippen LogP) is 1.06. The Kier molecular flexibility index (Phi) is 20.9. The van der Waals surface area contributed by atoms with Crippen molar-refractivity contribution in [1.29, 1.82) is 10.5 Å². The van der Waals surface area contributed by atoms with Crippen LogP contribution in [0.1, 0.15) is 6.92 Å². The second-order valence-electron chi connectivity index (χ2n) is 10.7. The lowest BCUT2D eigenvalue weighted by molar-refractivity contribution is -0.119. The summed E-state index contributed by atoms with van der Waals surface area (Å²) in [4.78, 5) is 46.1. The van der Waals surface area contributed by atoms with Crippen LogP contribution in [0.15, 0.2) is 12.2 Å². The fourth-order valence-corrected chi connectivity index (χ4v) is 9.37. The minimum absolute atomic E-state index is 0.278. The van der Waals surface area contributed by atoms with Crippen molar-refractivity contribution in [1.82, 2.24) is 40.3 Å². The van der Waals surface area contributed by atoms with E-state index in [4.69, 9.17) is 86.1 Å². The molecule has 23 nitrogen and oxygen atoms in total. The molecule has 4 atom stereocenters. The second-order valence-corrected chi connectivity index (χ2v) is 20.9. The zero-order valence-corrected chi connectivity index (χ0v) is 36.4. The number of ether oxygens (including phenoxy) is 3. The van der Waals surface area contributed by atoms with Crippen molar-refractivity contribution in [3.05, 3.63) is 12.2 Å². The highest BCUT2D eigenvalue weighted by Crippen LogP contribution is 2.26. The molecule has 3 aliphatic rings. The average molecular weight is 884 g/mol. The lowest BCUT2D eigenvalue weighted by Crippen LogP contribution is -2.66. The predicted molar refractivity (Wildman–Crippen MR) is 193 cm³/mol. The lowest BCUT2D eigenvalue weighted by atomic mass is 10.3. The number of ketones is 1. The molecule has 54 heavy (non-hydrogen) atoms. The van der Waals surface area contributed by atoms with Crippen molar-refractivity contribution in [2.45, 2.75) is 51.4 Å². The fourth-order valence-electron chi connectivity index (χ4n) is 4.01. The summed E-state index contributed by atoms with van der Waals surface area (Å²) in [5.41, 5.74) is 4.44. The second kappa shape index (κ2) is 22.9. The summed E-state index contributed by atoms with van der Waals surface area (Å²) in [5.74, 6) is -0.329. The Morgan fingerprint density at radius 1 is 0.796 bits per heavy atom. The van der Waals surface area contributed by atoms with E-state index in [1.807, 2.05) is 6.19 Å². The normalized spacial score (nSPS) is 19.2. The number of hydrogen-bond acceptors (Lipinski definition) is 20. The van der Waals surface area contributed by atoms with Crippen LogP contribution < -0.4 is 16.2 Å². The summed E-state index contributed by atoms with van der Waals surface area (Å²) in [5, 5.41) is 20.1. The van der Waals surface area contributed by atoms with Gasteiger partial charge in [-0.05, 0) is 60.9 Å². The van der Waals surface area contributed by atoms with Crippen molar-refractivity contribution in [3.63, 3.8) is 0 Å². The van der Waals surface area contributed by atoms with Gasteiger partial charge in [-0.2, -0.15) is 20.3 Å². The summed E-state index contributed by atoms with van der Waals surface area (Å²) in [6.45, 7) is 7.93. The number of halogens is 3. The molecule has 0 radical (unpaired) electrons. The number of carbonyl (C=O) groups excluding carboxylic acids is 4. The molecular weight excluding hydrogens is 839 g/mol. The van der Waals surface area contributed by atoms with E-state index in [1.165, 1.54) is 58.5 Å². The first-order chi connectivity index (χ1) is 25.4. The molecule has 306 valence electrons. The molecule has 0 bridgehead atoms. The third-order valence-electron chi connectivity index (χ3n) is 7.46. The standard InChI is InChI=1S/C11H19ClN2O5Si.2C7H13ClN4O4Si/c1-5-6-8(15)10(13-9-7-19-9)14(11(12)16)20(4,17-2)18-3;1-14-17(3,15-2)11(5-9)12(6-4-16-6)10-7(8)13;1-14-17(3,15-2)12(6-4-16-6)11(7(8)13)10-5-9/h5-6,9-10,13H,7H2,1-4H3;6H,4H2,1-3H3,(H,10,13);6,10H,4H2,1-3H3/b6-5+;;. The van der Waals surface area contributed by atoms with Crippen molar-refractivity contribution >= 4 is 82.9 Å². The summed E-state index contributed by atoms with van der Waals surface area (Å²) < 4.78 is 50.4. The van der Waals surface area contributed by atoms with Crippen molar-refractivity contribution in [2.75, 3.05) is 62.5 Å². The highest BCUT2D eigenvalue weighted by atomic mass is 35.5. The van der Waals surface area contributed by atoms with Gasteiger partial charge in [0.05, 0.1) is 19.8 Å². The van der Waals surface area contributed by atoms with Gasteiger partial charge in [0.15, 0.2) is 30.6 Å². The van der Waals surface area contributed by atoms with Gasteiger partial charge in [-0.25, -0.2) is 5.43 Å². The molecule has 3 saturated heterocycles. The molecule has 3 rings (SSSR count). The molecular formula is C25H45Cl3N10O13Si3. The van der Waals surface area contributed by atoms with Crippen LogP contribution in [0, 0.1) is 22.9 Å². The first kappa shape index (κ1) is 49.5. The maximum absolute atomic E-state index is 12.2. The Morgan fingerprint density at radius 2 is 1.28 bits per heavy atom. The number of hydrazine groups is 4. The van der Waals surface area contributed by atoms with Gasteiger partial charge in [0, 0.05) is 49.2 Å². The van der Waals surface area contributed by atoms with Gasteiger partial charge in [-0.1, -0.05) is 11.2 Å². The number of rotatable bonds is 20. The molecule has 3 fully saturated rings. The Hall–Kier alpha value is -2.56. The van der Waals surface area contributed by atoms with Crippen LogP contribution in [0.3, 0.4) is 0 Å². The number of epoxide rings is 3. The number of hydrogen-bond donors (Lipinski definition) is 3. The lowest BCUT2D eigenvalue weighted by Gasteiger charge is -2.38. The first-order valence-electron chi connectivity index (χ1n) is 15.3. The Labute approximate surface area is 331 Å². The zero-order valence-electron chi connectivity index (χ0n) is 31.2. The quantitative estimate of drug-likeness (QED) is 0.0178. The molecule has 3 aliphatic heterocycles. The van der Waals surface area contributed by atoms with E-state index in [0.717, 1.165) is 14.4 Å². The van der Waals surface area contributed by atoms with Gasteiger partial charge in [-0.3, -0.25) is 34.5 Å². The molecule has 0 saturated carbocycles. The number of carbonyl (C=O) groups is 4. The fraction of sp³-hybridized carbons (Fsp3) is 0.680. The molecule has 0 aliphatic carbocycles. The summed E-state index contributed by atoms with van der Waals surface area (Å²) in [7, 11) is -0.339.